The molecule has 2 amide bonds. The third-order valence-electron chi connectivity index (χ3n) is 4.98. The fourth-order valence-electron chi connectivity index (χ4n) is 3.67. The highest BCUT2D eigenvalue weighted by Gasteiger charge is 2.28. The van der Waals surface area contributed by atoms with Crippen molar-refractivity contribution in [3.8, 4) is 11.1 Å². The Morgan fingerprint density at radius 1 is 1.03 bits per heavy atom. The van der Waals surface area contributed by atoms with Gasteiger partial charge in [-0.3, -0.25) is 9.59 Å². The first-order valence-corrected chi connectivity index (χ1v) is 10.1. The van der Waals surface area contributed by atoms with Crippen molar-refractivity contribution in [1.82, 2.24) is 10.6 Å². The fourth-order valence-corrected chi connectivity index (χ4v) is 3.67. The molecular formula is C23H26N2O6. The Labute approximate surface area is 180 Å². The van der Waals surface area contributed by atoms with Gasteiger partial charge in [0.2, 0.25) is 5.91 Å². The lowest BCUT2D eigenvalue weighted by Gasteiger charge is -2.15. The van der Waals surface area contributed by atoms with Crippen LogP contribution in [0.25, 0.3) is 11.1 Å². The van der Waals surface area contributed by atoms with Crippen molar-refractivity contribution in [2.45, 2.75) is 25.3 Å². The van der Waals surface area contributed by atoms with Crippen LogP contribution in [0.4, 0.5) is 4.79 Å². The third kappa shape index (κ3) is 6.05. The minimum atomic E-state index is -0.985. The van der Waals surface area contributed by atoms with Gasteiger partial charge in [0.05, 0.1) is 13.0 Å². The zero-order valence-electron chi connectivity index (χ0n) is 17.3. The van der Waals surface area contributed by atoms with Crippen LogP contribution in [-0.2, 0) is 19.1 Å². The number of rotatable bonds is 10. The molecule has 1 aliphatic carbocycles. The number of carbonyl (C=O) groups is 3. The highest BCUT2D eigenvalue weighted by atomic mass is 16.5. The predicted molar refractivity (Wildman–Crippen MR) is 114 cm³/mol. The third-order valence-corrected chi connectivity index (χ3v) is 4.98. The standard InChI is InChI=1S/C23H26N2O6/c1-15(12-22(27)28)25-21(26)14-30-11-10-24-23(29)31-13-20-18-8-4-2-6-16(18)17-7-3-5-9-19(17)20/h2-9,15,20H,10-14H2,1H3,(H,24,29)(H,25,26)(H,27,28)/t15-/m0/s1. The smallest absolute Gasteiger partial charge is 0.407 e. The molecule has 2 aromatic rings. The van der Waals surface area contributed by atoms with E-state index in [-0.39, 0.29) is 38.7 Å². The SMILES string of the molecule is C[C@@H](CC(=O)O)NC(=O)COCCNC(=O)OCC1c2ccccc2-c2ccccc21. The molecule has 0 spiro atoms. The largest absolute Gasteiger partial charge is 0.481 e. The van der Waals surface area contributed by atoms with Gasteiger partial charge in [-0.25, -0.2) is 4.79 Å². The van der Waals surface area contributed by atoms with Crippen molar-refractivity contribution < 1.29 is 29.0 Å². The van der Waals surface area contributed by atoms with Crippen molar-refractivity contribution in [2.75, 3.05) is 26.4 Å². The second-order valence-corrected chi connectivity index (χ2v) is 7.37. The Balaban J connectivity index is 1.37. The first-order chi connectivity index (χ1) is 15.0. The maximum atomic E-state index is 12.0. The van der Waals surface area contributed by atoms with Crippen LogP contribution in [-0.4, -0.2) is 55.5 Å². The molecule has 8 nitrogen and oxygen atoms in total. The average Bonchev–Trinajstić information content (AvgIpc) is 3.05. The Morgan fingerprint density at radius 3 is 2.26 bits per heavy atom. The molecule has 1 aliphatic rings. The van der Waals surface area contributed by atoms with Gasteiger partial charge in [-0.05, 0) is 29.2 Å². The Kier molecular flexibility index (Phi) is 7.61. The zero-order valence-corrected chi connectivity index (χ0v) is 17.3. The Morgan fingerprint density at radius 2 is 1.65 bits per heavy atom. The quantitative estimate of drug-likeness (QED) is 0.503. The van der Waals surface area contributed by atoms with Gasteiger partial charge in [-0.1, -0.05) is 48.5 Å². The highest BCUT2D eigenvalue weighted by Crippen LogP contribution is 2.44. The number of hydrogen-bond acceptors (Lipinski definition) is 5. The summed E-state index contributed by atoms with van der Waals surface area (Å²) in [6.07, 6.45) is -0.709. The summed E-state index contributed by atoms with van der Waals surface area (Å²) in [5, 5.41) is 13.8. The second-order valence-electron chi connectivity index (χ2n) is 7.37. The molecule has 3 rings (SSSR count). The number of carboxylic acid groups (broad SMARTS) is 1. The van der Waals surface area contributed by atoms with Crippen LogP contribution in [0.2, 0.25) is 0 Å². The number of amides is 2. The van der Waals surface area contributed by atoms with E-state index in [2.05, 4.69) is 34.9 Å². The van der Waals surface area contributed by atoms with Gasteiger partial charge in [-0.2, -0.15) is 0 Å². The number of fused-ring (bicyclic) bond motifs is 3. The minimum absolute atomic E-state index is 0.00844. The molecule has 0 unspecified atom stereocenters. The predicted octanol–water partition coefficient (Wildman–Crippen LogP) is 2.52. The topological polar surface area (TPSA) is 114 Å². The van der Waals surface area contributed by atoms with E-state index >= 15 is 0 Å². The highest BCUT2D eigenvalue weighted by molar-refractivity contribution is 5.79. The van der Waals surface area contributed by atoms with Crippen LogP contribution in [0.15, 0.2) is 48.5 Å². The Bertz CT molecular complexity index is 900. The summed E-state index contributed by atoms with van der Waals surface area (Å²) in [6, 6.07) is 15.7. The molecule has 0 saturated carbocycles. The number of ether oxygens (including phenoxy) is 2. The second kappa shape index (κ2) is 10.6. The van der Waals surface area contributed by atoms with E-state index in [0.717, 1.165) is 22.3 Å². The molecule has 3 N–H and O–H groups in total. The molecule has 0 aliphatic heterocycles. The molecule has 1 atom stereocenters. The number of nitrogens with one attached hydrogen (secondary N) is 2. The van der Waals surface area contributed by atoms with Crippen molar-refractivity contribution in [1.29, 1.82) is 0 Å². The maximum Gasteiger partial charge on any atom is 0.407 e. The van der Waals surface area contributed by atoms with Gasteiger partial charge >= 0.3 is 12.1 Å². The lowest BCUT2D eigenvalue weighted by molar-refractivity contribution is -0.137. The van der Waals surface area contributed by atoms with Crippen molar-refractivity contribution in [2.24, 2.45) is 0 Å². The van der Waals surface area contributed by atoms with Crippen LogP contribution < -0.4 is 10.6 Å². The Hall–Kier alpha value is -3.39. The van der Waals surface area contributed by atoms with E-state index in [1.54, 1.807) is 6.92 Å². The van der Waals surface area contributed by atoms with Crippen LogP contribution >= 0.6 is 0 Å². The summed E-state index contributed by atoms with van der Waals surface area (Å²) in [4.78, 5) is 34.3. The number of benzene rings is 2. The van der Waals surface area contributed by atoms with Crippen LogP contribution in [0.1, 0.15) is 30.4 Å². The molecule has 0 saturated heterocycles. The van der Waals surface area contributed by atoms with Gasteiger partial charge < -0.3 is 25.2 Å². The van der Waals surface area contributed by atoms with E-state index in [0.29, 0.717) is 0 Å². The van der Waals surface area contributed by atoms with Crippen LogP contribution in [0, 0.1) is 0 Å². The molecule has 0 bridgehead atoms. The van der Waals surface area contributed by atoms with Crippen molar-refractivity contribution in [3.63, 3.8) is 0 Å². The molecule has 2 aromatic carbocycles. The van der Waals surface area contributed by atoms with Gasteiger partial charge in [0.25, 0.3) is 0 Å². The lowest BCUT2D eigenvalue weighted by atomic mass is 9.98. The number of carbonyl (C=O) groups excluding carboxylic acids is 2. The molecule has 0 aromatic heterocycles. The summed E-state index contributed by atoms with van der Waals surface area (Å²) in [5.41, 5.74) is 4.61. The summed E-state index contributed by atoms with van der Waals surface area (Å²) in [6.45, 7) is 1.94. The summed E-state index contributed by atoms with van der Waals surface area (Å²) in [5.74, 6) is -1.40. The maximum absolute atomic E-state index is 12.0. The van der Waals surface area contributed by atoms with Gasteiger partial charge in [-0.15, -0.1) is 0 Å². The number of carboxylic acids is 1. The summed E-state index contributed by atoms with van der Waals surface area (Å²) < 4.78 is 10.6. The van der Waals surface area contributed by atoms with Gasteiger partial charge in [0.1, 0.15) is 13.2 Å². The van der Waals surface area contributed by atoms with Crippen molar-refractivity contribution in [3.05, 3.63) is 59.7 Å². The first-order valence-electron chi connectivity index (χ1n) is 10.1. The van der Waals surface area contributed by atoms with E-state index in [1.165, 1.54) is 0 Å². The van der Waals surface area contributed by atoms with Gasteiger partial charge in [0.15, 0.2) is 0 Å². The van der Waals surface area contributed by atoms with Gasteiger partial charge in [0, 0.05) is 18.5 Å². The molecule has 0 fully saturated rings. The first kappa shape index (κ1) is 22.3. The molecule has 31 heavy (non-hydrogen) atoms. The molecule has 0 radical (unpaired) electrons. The summed E-state index contributed by atoms with van der Waals surface area (Å²) >= 11 is 0. The number of alkyl carbamates (subject to hydrolysis) is 1. The molecule has 8 heteroatoms. The average molecular weight is 426 g/mol. The van der Waals surface area contributed by atoms with E-state index in [4.69, 9.17) is 14.6 Å². The monoisotopic (exact) mass is 426 g/mol. The van der Waals surface area contributed by atoms with Crippen molar-refractivity contribution >= 4 is 18.0 Å². The van der Waals surface area contributed by atoms with E-state index in [1.807, 2.05) is 24.3 Å². The van der Waals surface area contributed by atoms with E-state index in [9.17, 15) is 14.4 Å². The number of aliphatic carboxylic acids is 1. The van der Waals surface area contributed by atoms with E-state index < -0.39 is 24.0 Å². The molecular weight excluding hydrogens is 400 g/mol. The normalized spacial score (nSPS) is 13.1. The lowest BCUT2D eigenvalue weighted by Crippen LogP contribution is -2.37. The number of hydrogen-bond donors (Lipinski definition) is 3. The fraction of sp³-hybridized carbons (Fsp3) is 0.348. The van der Waals surface area contributed by atoms with Crippen LogP contribution in [0.5, 0.6) is 0 Å². The zero-order chi connectivity index (χ0) is 22.2. The summed E-state index contributed by atoms with van der Waals surface area (Å²) in [7, 11) is 0. The molecule has 0 heterocycles. The minimum Gasteiger partial charge on any atom is -0.481 e. The van der Waals surface area contributed by atoms with Crippen LogP contribution in [0.3, 0.4) is 0 Å². The molecule has 164 valence electrons.